The Balaban J connectivity index is 2.60. The van der Waals surface area contributed by atoms with Gasteiger partial charge in [-0.1, -0.05) is 0 Å². The van der Waals surface area contributed by atoms with Crippen molar-refractivity contribution >= 4 is 29.1 Å². The average molecular weight is 283 g/mol. The molecule has 0 aliphatic heterocycles. The first-order chi connectivity index (χ1) is 8.92. The minimum atomic E-state index is -0.920. The van der Waals surface area contributed by atoms with E-state index in [9.17, 15) is 14.4 Å². The lowest BCUT2D eigenvalue weighted by Gasteiger charge is -2.15. The first-order valence-corrected chi connectivity index (χ1v) is 6.58. The molecule has 0 bridgehead atoms. The van der Waals surface area contributed by atoms with E-state index in [2.05, 4.69) is 10.6 Å². The smallest absolute Gasteiger partial charge is 0.242 e. The molecule has 1 atom stereocenters. The molecule has 0 fully saturated rings. The molecule has 104 valence electrons. The minimum absolute atomic E-state index is 0.185. The van der Waals surface area contributed by atoms with Gasteiger partial charge in [-0.25, -0.2) is 0 Å². The number of primary amides is 1. The molecule has 0 aliphatic rings. The van der Waals surface area contributed by atoms with E-state index < -0.39 is 17.9 Å². The van der Waals surface area contributed by atoms with Crippen molar-refractivity contribution in [1.82, 2.24) is 10.6 Å². The SMILES string of the molecule is CNC(=O)[C@H](CC(N)=O)NC(=O)Cc1ccc(C)s1. The topological polar surface area (TPSA) is 101 Å². The average Bonchev–Trinajstić information content (AvgIpc) is 2.72. The highest BCUT2D eigenvalue weighted by atomic mass is 32.1. The molecular weight excluding hydrogens is 266 g/mol. The maximum atomic E-state index is 11.8. The lowest BCUT2D eigenvalue weighted by molar-refractivity contribution is -0.130. The van der Waals surface area contributed by atoms with E-state index in [1.165, 1.54) is 18.4 Å². The van der Waals surface area contributed by atoms with Gasteiger partial charge in [0.2, 0.25) is 17.7 Å². The molecule has 0 spiro atoms. The zero-order chi connectivity index (χ0) is 14.4. The second-order valence-corrected chi connectivity index (χ2v) is 5.47. The normalized spacial score (nSPS) is 11.7. The van der Waals surface area contributed by atoms with Crippen molar-refractivity contribution in [2.45, 2.75) is 25.8 Å². The first kappa shape index (κ1) is 15.2. The van der Waals surface area contributed by atoms with Gasteiger partial charge in [0, 0.05) is 16.8 Å². The Morgan fingerprint density at radius 3 is 2.53 bits per heavy atom. The number of amides is 3. The summed E-state index contributed by atoms with van der Waals surface area (Å²) in [5, 5.41) is 4.90. The van der Waals surface area contributed by atoms with E-state index in [-0.39, 0.29) is 18.7 Å². The fourth-order valence-electron chi connectivity index (χ4n) is 1.57. The van der Waals surface area contributed by atoms with Crippen LogP contribution in [-0.4, -0.2) is 30.8 Å². The van der Waals surface area contributed by atoms with Crippen LogP contribution in [0, 0.1) is 6.92 Å². The number of carbonyl (C=O) groups excluding carboxylic acids is 3. The second-order valence-electron chi connectivity index (χ2n) is 4.09. The highest BCUT2D eigenvalue weighted by Crippen LogP contribution is 2.15. The Labute approximate surface area is 115 Å². The predicted octanol–water partition coefficient (Wildman–Crippen LogP) is -0.295. The molecule has 1 aromatic rings. The number of hydrogen-bond acceptors (Lipinski definition) is 4. The van der Waals surface area contributed by atoms with Crippen LogP contribution in [0.3, 0.4) is 0 Å². The van der Waals surface area contributed by atoms with Crippen LogP contribution >= 0.6 is 11.3 Å². The molecule has 1 aromatic heterocycles. The fraction of sp³-hybridized carbons (Fsp3) is 0.417. The van der Waals surface area contributed by atoms with Gasteiger partial charge in [0.1, 0.15) is 6.04 Å². The zero-order valence-electron chi connectivity index (χ0n) is 10.9. The number of nitrogens with two attached hydrogens (primary N) is 1. The Bertz CT molecular complexity index is 484. The lowest BCUT2D eigenvalue weighted by atomic mass is 10.1. The van der Waals surface area contributed by atoms with Gasteiger partial charge >= 0.3 is 0 Å². The summed E-state index contributed by atoms with van der Waals surface area (Å²) in [6, 6.07) is 2.87. The van der Waals surface area contributed by atoms with E-state index in [4.69, 9.17) is 5.73 Å². The Morgan fingerprint density at radius 2 is 2.05 bits per heavy atom. The van der Waals surface area contributed by atoms with E-state index >= 15 is 0 Å². The van der Waals surface area contributed by atoms with Crippen molar-refractivity contribution < 1.29 is 14.4 Å². The Kier molecular flexibility index (Phi) is 5.50. The second kappa shape index (κ2) is 6.89. The fourth-order valence-corrected chi connectivity index (χ4v) is 2.46. The van der Waals surface area contributed by atoms with E-state index in [0.29, 0.717) is 0 Å². The van der Waals surface area contributed by atoms with Gasteiger partial charge in [0.25, 0.3) is 0 Å². The van der Waals surface area contributed by atoms with Crippen molar-refractivity contribution in [2.75, 3.05) is 7.05 Å². The lowest BCUT2D eigenvalue weighted by Crippen LogP contribution is -2.48. The van der Waals surface area contributed by atoms with Gasteiger partial charge in [-0.2, -0.15) is 0 Å². The minimum Gasteiger partial charge on any atom is -0.370 e. The zero-order valence-corrected chi connectivity index (χ0v) is 11.7. The molecular formula is C12H17N3O3S. The molecule has 0 aliphatic carbocycles. The predicted molar refractivity (Wildman–Crippen MR) is 72.6 cm³/mol. The van der Waals surface area contributed by atoms with Crippen molar-refractivity contribution in [3.8, 4) is 0 Å². The summed E-state index contributed by atoms with van der Waals surface area (Å²) in [4.78, 5) is 36.2. The van der Waals surface area contributed by atoms with E-state index in [1.807, 2.05) is 19.1 Å². The van der Waals surface area contributed by atoms with Crippen molar-refractivity contribution in [2.24, 2.45) is 5.73 Å². The highest BCUT2D eigenvalue weighted by Gasteiger charge is 2.21. The Morgan fingerprint density at radius 1 is 1.37 bits per heavy atom. The number of carbonyl (C=O) groups is 3. The summed E-state index contributed by atoms with van der Waals surface area (Å²) in [6.07, 6.45) is -0.0281. The van der Waals surface area contributed by atoms with Crippen LogP contribution in [0.2, 0.25) is 0 Å². The van der Waals surface area contributed by atoms with Gasteiger partial charge in [0.05, 0.1) is 12.8 Å². The molecule has 0 saturated heterocycles. The summed E-state index contributed by atoms with van der Waals surface area (Å²) < 4.78 is 0. The molecule has 0 aromatic carbocycles. The third-order valence-electron chi connectivity index (χ3n) is 2.43. The quantitative estimate of drug-likeness (QED) is 0.668. The molecule has 1 rings (SSSR count). The van der Waals surface area contributed by atoms with Crippen molar-refractivity contribution in [1.29, 1.82) is 0 Å². The Hall–Kier alpha value is -1.89. The van der Waals surface area contributed by atoms with Gasteiger partial charge in [-0.05, 0) is 19.1 Å². The van der Waals surface area contributed by atoms with Crippen LogP contribution in [0.4, 0.5) is 0 Å². The van der Waals surface area contributed by atoms with E-state index in [0.717, 1.165) is 9.75 Å². The molecule has 7 heteroatoms. The van der Waals surface area contributed by atoms with Crippen molar-refractivity contribution in [3.63, 3.8) is 0 Å². The maximum absolute atomic E-state index is 11.8. The molecule has 1 heterocycles. The standard InChI is InChI=1S/C12H17N3O3S/c1-7-3-4-8(19-7)5-11(17)15-9(6-10(13)16)12(18)14-2/h3-4,9H,5-6H2,1-2H3,(H2,13,16)(H,14,18)(H,15,17)/t9-/m0/s1. The number of rotatable bonds is 6. The first-order valence-electron chi connectivity index (χ1n) is 5.77. The van der Waals surface area contributed by atoms with Gasteiger partial charge in [-0.15, -0.1) is 11.3 Å². The van der Waals surface area contributed by atoms with Crippen LogP contribution < -0.4 is 16.4 Å². The summed E-state index contributed by atoms with van der Waals surface area (Å²) in [5.74, 6) is -1.38. The molecule has 0 saturated carbocycles. The molecule has 6 nitrogen and oxygen atoms in total. The monoisotopic (exact) mass is 283 g/mol. The number of nitrogens with one attached hydrogen (secondary N) is 2. The molecule has 19 heavy (non-hydrogen) atoms. The summed E-state index contributed by atoms with van der Waals surface area (Å²) in [6.45, 7) is 1.95. The number of thiophene rings is 1. The van der Waals surface area contributed by atoms with Crippen LogP contribution in [0.15, 0.2) is 12.1 Å². The van der Waals surface area contributed by atoms with Crippen LogP contribution in [0.5, 0.6) is 0 Å². The summed E-state index contributed by atoms with van der Waals surface area (Å²) in [7, 11) is 1.44. The number of hydrogen-bond donors (Lipinski definition) is 3. The molecule has 0 unspecified atom stereocenters. The molecule has 3 amide bonds. The van der Waals surface area contributed by atoms with Crippen LogP contribution in [-0.2, 0) is 20.8 Å². The van der Waals surface area contributed by atoms with E-state index in [1.54, 1.807) is 0 Å². The highest BCUT2D eigenvalue weighted by molar-refractivity contribution is 7.12. The summed E-state index contributed by atoms with van der Waals surface area (Å²) in [5.41, 5.74) is 5.05. The maximum Gasteiger partial charge on any atom is 0.242 e. The van der Waals surface area contributed by atoms with Gasteiger partial charge < -0.3 is 16.4 Å². The third-order valence-corrected chi connectivity index (χ3v) is 3.43. The molecule has 0 radical (unpaired) electrons. The number of aryl methyl sites for hydroxylation is 1. The van der Waals surface area contributed by atoms with Crippen LogP contribution in [0.1, 0.15) is 16.2 Å². The van der Waals surface area contributed by atoms with Crippen LogP contribution in [0.25, 0.3) is 0 Å². The van der Waals surface area contributed by atoms with Gasteiger partial charge in [0.15, 0.2) is 0 Å². The number of likely N-dealkylation sites (N-methyl/N-ethyl adjacent to an activating group) is 1. The largest absolute Gasteiger partial charge is 0.370 e. The molecule has 4 N–H and O–H groups in total. The third kappa shape index (κ3) is 5.09. The van der Waals surface area contributed by atoms with Crippen molar-refractivity contribution in [3.05, 3.63) is 21.9 Å². The summed E-state index contributed by atoms with van der Waals surface area (Å²) >= 11 is 1.52. The van der Waals surface area contributed by atoms with Gasteiger partial charge in [-0.3, -0.25) is 14.4 Å².